The molecule has 0 unspecified atom stereocenters. The Kier molecular flexibility index (Phi) is 7.41. The first-order valence-electron chi connectivity index (χ1n) is 10.2. The molecule has 0 spiro atoms. The minimum Gasteiger partial charge on any atom is -0.491 e. The minimum atomic E-state index is -0.330. The van der Waals surface area contributed by atoms with E-state index in [0.717, 1.165) is 32.4 Å². The zero-order chi connectivity index (χ0) is 21.5. The van der Waals surface area contributed by atoms with E-state index in [1.165, 1.54) is 0 Å². The Hall–Kier alpha value is -2.93. The monoisotopic (exact) mass is 425 g/mol. The van der Waals surface area contributed by atoms with Gasteiger partial charge in [0.2, 0.25) is 0 Å². The number of amides is 2. The van der Waals surface area contributed by atoms with Gasteiger partial charge in [-0.2, -0.15) is 0 Å². The first kappa shape index (κ1) is 21.8. The fraction of sp³-hybridized carbons (Fsp3) is 0.348. The highest BCUT2D eigenvalue weighted by Gasteiger charge is 2.21. The summed E-state index contributed by atoms with van der Waals surface area (Å²) in [4.78, 5) is 27.3. The van der Waals surface area contributed by atoms with Crippen molar-refractivity contribution in [1.29, 1.82) is 0 Å². The molecular weight excluding hydrogens is 398 g/mol. The van der Waals surface area contributed by atoms with E-state index in [4.69, 9.17) is 17.0 Å². The fourth-order valence-electron chi connectivity index (χ4n) is 3.33. The minimum absolute atomic E-state index is 0.0207. The quantitative estimate of drug-likeness (QED) is 0.702. The summed E-state index contributed by atoms with van der Waals surface area (Å²) in [6, 6.07) is 14.1. The van der Waals surface area contributed by atoms with Crippen molar-refractivity contribution in [3.8, 4) is 5.75 Å². The Labute approximate surface area is 182 Å². The third-order valence-corrected chi connectivity index (χ3v) is 4.97. The predicted octanol–water partition coefficient (Wildman–Crippen LogP) is 4.23. The van der Waals surface area contributed by atoms with Crippen molar-refractivity contribution in [1.82, 2.24) is 10.2 Å². The summed E-state index contributed by atoms with van der Waals surface area (Å²) in [5.41, 5.74) is 1.60. The Morgan fingerprint density at radius 2 is 1.67 bits per heavy atom. The van der Waals surface area contributed by atoms with Crippen molar-refractivity contribution in [3.05, 3.63) is 59.7 Å². The molecule has 1 fully saturated rings. The number of benzene rings is 2. The Morgan fingerprint density at radius 1 is 1.00 bits per heavy atom. The predicted molar refractivity (Wildman–Crippen MR) is 122 cm³/mol. The molecule has 3 rings (SSSR count). The van der Waals surface area contributed by atoms with Crippen LogP contribution in [0.25, 0.3) is 0 Å². The molecule has 2 aromatic rings. The molecule has 1 aliphatic rings. The maximum Gasteiger partial charge on any atom is 0.257 e. The normalized spacial score (nSPS) is 13.6. The van der Waals surface area contributed by atoms with Crippen LogP contribution < -0.4 is 15.4 Å². The molecule has 0 aromatic heterocycles. The van der Waals surface area contributed by atoms with E-state index < -0.39 is 0 Å². The summed E-state index contributed by atoms with van der Waals surface area (Å²) in [7, 11) is 0. The zero-order valence-corrected chi connectivity index (χ0v) is 18.1. The lowest BCUT2D eigenvalue weighted by molar-refractivity contribution is 0.0725. The third-order valence-electron chi connectivity index (χ3n) is 4.76. The van der Waals surface area contributed by atoms with Crippen LogP contribution in [0.5, 0.6) is 5.75 Å². The van der Waals surface area contributed by atoms with Crippen LogP contribution in [0.2, 0.25) is 0 Å². The summed E-state index contributed by atoms with van der Waals surface area (Å²) in [5.74, 6) is 0.350. The number of anilines is 1. The van der Waals surface area contributed by atoms with E-state index >= 15 is 0 Å². The van der Waals surface area contributed by atoms with Crippen LogP contribution in [0.15, 0.2) is 48.5 Å². The number of nitrogens with zero attached hydrogens (tertiary/aromatic N) is 1. The number of rotatable bonds is 5. The summed E-state index contributed by atoms with van der Waals surface area (Å²) in [6.45, 7) is 5.42. The van der Waals surface area contributed by atoms with Gasteiger partial charge in [-0.25, -0.2) is 0 Å². The second-order valence-corrected chi connectivity index (χ2v) is 7.91. The first-order valence-corrected chi connectivity index (χ1v) is 10.6. The molecule has 1 saturated heterocycles. The van der Waals surface area contributed by atoms with Crippen molar-refractivity contribution in [2.45, 2.75) is 39.2 Å². The van der Waals surface area contributed by atoms with Gasteiger partial charge < -0.3 is 15.0 Å². The van der Waals surface area contributed by atoms with Crippen LogP contribution in [-0.4, -0.2) is 41.0 Å². The molecule has 1 aliphatic heterocycles. The molecule has 0 radical (unpaired) electrons. The molecule has 2 aromatic carbocycles. The maximum absolute atomic E-state index is 12.9. The highest BCUT2D eigenvalue weighted by molar-refractivity contribution is 7.80. The lowest BCUT2D eigenvalue weighted by Gasteiger charge is -2.27. The Bertz CT molecular complexity index is 906. The average Bonchev–Trinajstić information content (AvgIpc) is 2.74. The maximum atomic E-state index is 12.9. The number of hydrogen-bond donors (Lipinski definition) is 2. The average molecular weight is 426 g/mol. The molecule has 0 atom stereocenters. The van der Waals surface area contributed by atoms with Gasteiger partial charge in [-0.3, -0.25) is 14.9 Å². The van der Waals surface area contributed by atoms with Gasteiger partial charge in [0.25, 0.3) is 11.8 Å². The number of likely N-dealkylation sites (tertiary alicyclic amines) is 1. The van der Waals surface area contributed by atoms with E-state index in [9.17, 15) is 9.59 Å². The summed E-state index contributed by atoms with van der Waals surface area (Å²) >= 11 is 5.31. The van der Waals surface area contributed by atoms with Gasteiger partial charge in [-0.15, -0.1) is 0 Å². The Morgan fingerprint density at radius 3 is 2.33 bits per heavy atom. The molecule has 2 amide bonds. The summed E-state index contributed by atoms with van der Waals surface area (Å²) in [5, 5.41) is 5.80. The molecule has 2 N–H and O–H groups in total. The van der Waals surface area contributed by atoms with Gasteiger partial charge in [0.15, 0.2) is 5.11 Å². The van der Waals surface area contributed by atoms with E-state index in [2.05, 4.69) is 10.6 Å². The highest BCUT2D eigenvalue weighted by Crippen LogP contribution is 2.20. The number of carbonyl (C=O) groups is 2. The van der Waals surface area contributed by atoms with Gasteiger partial charge >= 0.3 is 0 Å². The van der Waals surface area contributed by atoms with Crippen molar-refractivity contribution in [2.75, 3.05) is 18.4 Å². The number of para-hydroxylation sites is 1. The number of ether oxygens (including phenoxy) is 1. The van der Waals surface area contributed by atoms with E-state index in [1.807, 2.05) is 30.9 Å². The van der Waals surface area contributed by atoms with Gasteiger partial charge in [0.1, 0.15) is 5.75 Å². The van der Waals surface area contributed by atoms with Crippen LogP contribution in [-0.2, 0) is 0 Å². The largest absolute Gasteiger partial charge is 0.491 e. The SMILES string of the molecule is CC(C)Oc1ccc(C(=O)NC(=S)Nc2ccccc2C(=O)N2CCCCC2)cc1. The molecule has 158 valence electrons. The Balaban J connectivity index is 1.63. The topological polar surface area (TPSA) is 70.7 Å². The number of hydrogen-bond acceptors (Lipinski definition) is 4. The van der Waals surface area contributed by atoms with Crippen molar-refractivity contribution >= 4 is 34.8 Å². The van der Waals surface area contributed by atoms with E-state index in [0.29, 0.717) is 22.6 Å². The fourth-order valence-corrected chi connectivity index (χ4v) is 3.53. The second kappa shape index (κ2) is 10.2. The summed E-state index contributed by atoms with van der Waals surface area (Å²) in [6.07, 6.45) is 3.27. The molecule has 7 heteroatoms. The van der Waals surface area contributed by atoms with Gasteiger partial charge in [-0.05, 0) is 81.7 Å². The van der Waals surface area contributed by atoms with Gasteiger partial charge in [-0.1, -0.05) is 12.1 Å². The molecule has 0 aliphatic carbocycles. The lowest BCUT2D eigenvalue weighted by Crippen LogP contribution is -2.37. The molecule has 0 saturated carbocycles. The number of nitrogens with one attached hydrogen (secondary N) is 2. The van der Waals surface area contributed by atoms with Crippen molar-refractivity contribution in [3.63, 3.8) is 0 Å². The molecular formula is C23H27N3O3S. The zero-order valence-electron chi connectivity index (χ0n) is 17.3. The van der Waals surface area contributed by atoms with Crippen LogP contribution in [0, 0.1) is 0 Å². The van der Waals surface area contributed by atoms with Crippen LogP contribution >= 0.6 is 12.2 Å². The molecule has 0 bridgehead atoms. The van der Waals surface area contributed by atoms with Crippen LogP contribution in [0.4, 0.5) is 5.69 Å². The lowest BCUT2D eigenvalue weighted by atomic mass is 10.1. The summed E-state index contributed by atoms with van der Waals surface area (Å²) < 4.78 is 5.59. The second-order valence-electron chi connectivity index (χ2n) is 7.50. The van der Waals surface area contributed by atoms with E-state index in [-0.39, 0.29) is 23.0 Å². The molecule has 1 heterocycles. The molecule has 30 heavy (non-hydrogen) atoms. The van der Waals surface area contributed by atoms with Crippen molar-refractivity contribution in [2.24, 2.45) is 0 Å². The first-order chi connectivity index (χ1) is 14.4. The molecule has 6 nitrogen and oxygen atoms in total. The number of thiocarbonyl (C=S) groups is 1. The van der Waals surface area contributed by atoms with Crippen molar-refractivity contribution < 1.29 is 14.3 Å². The van der Waals surface area contributed by atoms with Crippen LogP contribution in [0.3, 0.4) is 0 Å². The smallest absolute Gasteiger partial charge is 0.257 e. The third kappa shape index (κ3) is 5.79. The highest BCUT2D eigenvalue weighted by atomic mass is 32.1. The van der Waals surface area contributed by atoms with Gasteiger partial charge in [0.05, 0.1) is 17.4 Å². The van der Waals surface area contributed by atoms with E-state index in [1.54, 1.807) is 36.4 Å². The number of piperidine rings is 1. The number of carbonyl (C=O) groups excluding carboxylic acids is 2. The standard InChI is InChI=1S/C23H27N3O3S/c1-16(2)29-18-12-10-17(11-13-18)21(27)25-23(30)24-20-9-5-4-8-19(20)22(28)26-14-6-3-7-15-26/h4-5,8-13,16H,3,6-7,14-15H2,1-2H3,(H2,24,25,27,30). The van der Waals surface area contributed by atoms with Crippen LogP contribution in [0.1, 0.15) is 53.8 Å². The van der Waals surface area contributed by atoms with Gasteiger partial charge in [0, 0.05) is 18.7 Å².